The van der Waals surface area contributed by atoms with Crippen molar-refractivity contribution in [2.45, 2.75) is 30.6 Å². The monoisotopic (exact) mass is 405 g/mol. The van der Waals surface area contributed by atoms with Gasteiger partial charge in [-0.3, -0.25) is 0 Å². The van der Waals surface area contributed by atoms with Crippen molar-refractivity contribution in [3.8, 4) is 5.75 Å². The van der Waals surface area contributed by atoms with Gasteiger partial charge in [0.25, 0.3) is 0 Å². The number of rotatable bonds is 8. The number of nitrogens with zero attached hydrogens (tertiary/aromatic N) is 1. The van der Waals surface area contributed by atoms with Gasteiger partial charge in [-0.1, -0.05) is 12.1 Å². The van der Waals surface area contributed by atoms with E-state index in [0.29, 0.717) is 12.3 Å². The minimum Gasteiger partial charge on any atom is -0.497 e. The summed E-state index contributed by atoms with van der Waals surface area (Å²) in [6.45, 7) is 2.81. The highest BCUT2D eigenvalue weighted by molar-refractivity contribution is 7.91. The van der Waals surface area contributed by atoms with Crippen molar-refractivity contribution < 1.29 is 17.5 Å². The lowest BCUT2D eigenvalue weighted by Gasteiger charge is -2.32. The molecule has 152 valence electrons. The molecule has 0 spiro atoms. The van der Waals surface area contributed by atoms with Crippen LogP contribution in [0.3, 0.4) is 0 Å². The van der Waals surface area contributed by atoms with Gasteiger partial charge in [0, 0.05) is 0 Å². The van der Waals surface area contributed by atoms with E-state index < -0.39 is 15.7 Å². The molecule has 0 unspecified atom stereocenters. The minimum absolute atomic E-state index is 0.102. The summed E-state index contributed by atoms with van der Waals surface area (Å²) in [5.41, 5.74) is 1.34. The maximum Gasteiger partial charge on any atom is 0.178 e. The number of benzene rings is 2. The highest BCUT2D eigenvalue weighted by atomic mass is 32.2. The molecule has 0 atom stereocenters. The van der Waals surface area contributed by atoms with Crippen molar-refractivity contribution in [3.63, 3.8) is 0 Å². The predicted octanol–water partition coefficient (Wildman–Crippen LogP) is 3.95. The number of hydrogen-bond donors (Lipinski definition) is 0. The first-order valence-electron chi connectivity index (χ1n) is 9.80. The topological polar surface area (TPSA) is 46.6 Å². The van der Waals surface area contributed by atoms with Crippen LogP contribution in [0.25, 0.3) is 0 Å². The average molecular weight is 406 g/mol. The molecule has 6 heteroatoms. The Kier molecular flexibility index (Phi) is 7.08. The van der Waals surface area contributed by atoms with Crippen molar-refractivity contribution in [3.05, 3.63) is 59.9 Å². The van der Waals surface area contributed by atoms with Crippen LogP contribution in [0, 0.1) is 11.7 Å². The molecule has 0 saturated carbocycles. The van der Waals surface area contributed by atoms with Crippen LogP contribution in [0.2, 0.25) is 0 Å². The van der Waals surface area contributed by atoms with E-state index in [2.05, 4.69) is 17.0 Å². The Bertz CT molecular complexity index is 842. The summed E-state index contributed by atoms with van der Waals surface area (Å²) in [6, 6.07) is 13.3. The van der Waals surface area contributed by atoms with Crippen LogP contribution in [0.1, 0.15) is 24.8 Å². The summed E-state index contributed by atoms with van der Waals surface area (Å²) in [7, 11) is -1.66. The lowest BCUT2D eigenvalue weighted by molar-refractivity contribution is 0.184. The largest absolute Gasteiger partial charge is 0.497 e. The maximum absolute atomic E-state index is 13.0. The molecule has 0 amide bonds. The van der Waals surface area contributed by atoms with E-state index in [9.17, 15) is 12.8 Å². The fourth-order valence-corrected chi connectivity index (χ4v) is 5.04. The Labute approximate surface area is 167 Å². The molecule has 0 aliphatic carbocycles. The highest BCUT2D eigenvalue weighted by Gasteiger charge is 2.20. The van der Waals surface area contributed by atoms with Crippen LogP contribution in [0.15, 0.2) is 53.4 Å². The standard InChI is InChI=1S/C22H28FNO3S/c1-27-21-7-3-18(4-8-21)17-19-11-14-24(15-12-19)13-2-16-28(25,26)22-9-5-20(23)6-10-22/h3-10,19H,2,11-17H2,1H3. The van der Waals surface area contributed by atoms with Crippen LogP contribution >= 0.6 is 0 Å². The summed E-state index contributed by atoms with van der Waals surface area (Å²) in [4.78, 5) is 2.55. The molecule has 0 bridgehead atoms. The van der Waals surface area contributed by atoms with Crippen molar-refractivity contribution in [1.82, 2.24) is 4.90 Å². The molecule has 0 N–H and O–H groups in total. The highest BCUT2D eigenvalue weighted by Crippen LogP contribution is 2.23. The van der Waals surface area contributed by atoms with Gasteiger partial charge in [0.15, 0.2) is 9.84 Å². The molecule has 28 heavy (non-hydrogen) atoms. The van der Waals surface area contributed by atoms with E-state index >= 15 is 0 Å². The molecule has 0 radical (unpaired) electrons. The second-order valence-electron chi connectivity index (χ2n) is 7.46. The van der Waals surface area contributed by atoms with E-state index in [1.807, 2.05) is 12.1 Å². The van der Waals surface area contributed by atoms with E-state index in [0.717, 1.165) is 44.6 Å². The number of ether oxygens (including phenoxy) is 1. The molecule has 4 nitrogen and oxygen atoms in total. The summed E-state index contributed by atoms with van der Waals surface area (Å²) in [5.74, 6) is 1.24. The second kappa shape index (κ2) is 9.52. The molecule has 1 aliphatic heterocycles. The van der Waals surface area contributed by atoms with Crippen LogP contribution in [0.5, 0.6) is 5.75 Å². The molecular formula is C22H28FNO3S. The van der Waals surface area contributed by atoms with Crippen molar-refractivity contribution in [2.24, 2.45) is 5.92 Å². The van der Waals surface area contributed by atoms with Crippen LogP contribution in [0.4, 0.5) is 4.39 Å². The van der Waals surface area contributed by atoms with Gasteiger partial charge in [0.05, 0.1) is 17.8 Å². The number of likely N-dealkylation sites (tertiary alicyclic amines) is 1. The Morgan fingerprint density at radius 1 is 1.04 bits per heavy atom. The van der Waals surface area contributed by atoms with E-state index in [4.69, 9.17) is 4.74 Å². The smallest absolute Gasteiger partial charge is 0.178 e. The third-order valence-corrected chi connectivity index (χ3v) is 7.27. The molecule has 1 saturated heterocycles. The third-order valence-electron chi connectivity index (χ3n) is 5.45. The number of hydrogen-bond acceptors (Lipinski definition) is 4. The Morgan fingerprint density at radius 3 is 2.29 bits per heavy atom. The fraction of sp³-hybridized carbons (Fsp3) is 0.455. The van der Waals surface area contributed by atoms with Gasteiger partial charge in [0.2, 0.25) is 0 Å². The van der Waals surface area contributed by atoms with Gasteiger partial charge in [-0.15, -0.1) is 0 Å². The van der Waals surface area contributed by atoms with E-state index in [-0.39, 0.29) is 10.6 Å². The molecule has 0 aromatic heterocycles. The van der Waals surface area contributed by atoms with Crippen LogP contribution in [-0.4, -0.2) is 45.8 Å². The zero-order chi connectivity index (χ0) is 20.0. The van der Waals surface area contributed by atoms with Gasteiger partial charge < -0.3 is 9.64 Å². The van der Waals surface area contributed by atoms with Crippen molar-refractivity contribution >= 4 is 9.84 Å². The molecule has 3 rings (SSSR count). The first kappa shape index (κ1) is 20.8. The minimum atomic E-state index is -3.34. The summed E-state index contributed by atoms with van der Waals surface area (Å²) in [5, 5.41) is 0. The van der Waals surface area contributed by atoms with Gasteiger partial charge in [-0.25, -0.2) is 12.8 Å². The first-order chi connectivity index (χ1) is 13.5. The van der Waals surface area contributed by atoms with Crippen molar-refractivity contribution in [2.75, 3.05) is 32.5 Å². The lowest BCUT2D eigenvalue weighted by Crippen LogP contribution is -2.35. The average Bonchev–Trinajstić information content (AvgIpc) is 2.70. The quantitative estimate of drug-likeness (QED) is 0.624. The second-order valence-corrected chi connectivity index (χ2v) is 9.57. The summed E-state index contributed by atoms with van der Waals surface area (Å²) < 4.78 is 42.8. The van der Waals surface area contributed by atoms with Crippen LogP contribution < -0.4 is 4.74 Å². The van der Waals surface area contributed by atoms with Crippen molar-refractivity contribution in [1.29, 1.82) is 0 Å². The zero-order valence-corrected chi connectivity index (χ0v) is 17.1. The Balaban J connectivity index is 1.40. The number of sulfone groups is 1. The summed E-state index contributed by atoms with van der Waals surface area (Å²) in [6.07, 6.45) is 3.95. The molecule has 1 fully saturated rings. The molecule has 1 aliphatic rings. The third kappa shape index (κ3) is 5.79. The van der Waals surface area contributed by atoms with Gasteiger partial charge in [-0.05, 0) is 93.2 Å². The number of halogens is 1. The Morgan fingerprint density at radius 2 is 1.68 bits per heavy atom. The normalized spacial score (nSPS) is 16.2. The lowest BCUT2D eigenvalue weighted by atomic mass is 9.90. The summed E-state index contributed by atoms with van der Waals surface area (Å²) >= 11 is 0. The molecular weight excluding hydrogens is 377 g/mol. The molecule has 2 aromatic carbocycles. The van der Waals surface area contributed by atoms with E-state index in [1.54, 1.807) is 7.11 Å². The fourth-order valence-electron chi connectivity index (χ4n) is 3.75. The zero-order valence-electron chi connectivity index (χ0n) is 16.3. The predicted molar refractivity (Wildman–Crippen MR) is 109 cm³/mol. The molecule has 2 aromatic rings. The van der Waals surface area contributed by atoms with Gasteiger partial charge >= 0.3 is 0 Å². The first-order valence-corrected chi connectivity index (χ1v) is 11.4. The molecule has 1 heterocycles. The van der Waals surface area contributed by atoms with E-state index in [1.165, 1.54) is 29.8 Å². The Hall–Kier alpha value is -1.92. The number of piperidine rings is 1. The van der Waals surface area contributed by atoms with Crippen LogP contribution in [-0.2, 0) is 16.3 Å². The SMILES string of the molecule is COc1ccc(CC2CCN(CCCS(=O)(=O)c3ccc(F)cc3)CC2)cc1. The van der Waals surface area contributed by atoms with Gasteiger partial charge in [-0.2, -0.15) is 0 Å². The van der Waals surface area contributed by atoms with Gasteiger partial charge in [0.1, 0.15) is 11.6 Å². The number of methoxy groups -OCH3 is 1. The maximum atomic E-state index is 13.0.